The van der Waals surface area contributed by atoms with Gasteiger partial charge in [0.25, 0.3) is 5.91 Å². The van der Waals surface area contributed by atoms with Crippen molar-refractivity contribution in [3.63, 3.8) is 0 Å². The monoisotopic (exact) mass is 307 g/mol. The van der Waals surface area contributed by atoms with Gasteiger partial charge in [-0.1, -0.05) is 41.9 Å². The number of carbonyl (C=O) groups excluding carboxylic acids is 1. The fourth-order valence-electron chi connectivity index (χ4n) is 1.94. The number of benzene rings is 2. The van der Waals surface area contributed by atoms with Crippen LogP contribution in [0.25, 0.3) is 0 Å². The van der Waals surface area contributed by atoms with E-state index in [1.165, 1.54) is 12.1 Å². The number of hydrogen-bond acceptors (Lipinski definition) is 2. The van der Waals surface area contributed by atoms with Crippen molar-refractivity contribution in [2.75, 3.05) is 6.54 Å². The Labute approximate surface area is 127 Å². The second kappa shape index (κ2) is 7.20. The third kappa shape index (κ3) is 4.55. The Morgan fingerprint density at radius 2 is 1.95 bits per heavy atom. The van der Waals surface area contributed by atoms with Gasteiger partial charge in [-0.15, -0.1) is 0 Å². The summed E-state index contributed by atoms with van der Waals surface area (Å²) in [6.45, 7) is 0.0986. The Hall–Kier alpha value is -1.91. The summed E-state index contributed by atoms with van der Waals surface area (Å²) in [5.41, 5.74) is 1.17. The number of rotatable bonds is 5. The van der Waals surface area contributed by atoms with Gasteiger partial charge in [0, 0.05) is 13.0 Å². The zero-order valence-corrected chi connectivity index (χ0v) is 12.0. The number of aliphatic hydroxyl groups is 1. The van der Waals surface area contributed by atoms with E-state index in [1.807, 2.05) is 30.3 Å². The van der Waals surface area contributed by atoms with E-state index in [2.05, 4.69) is 5.32 Å². The second-order valence-electron chi connectivity index (χ2n) is 4.68. The lowest BCUT2D eigenvalue weighted by molar-refractivity contribution is 0.0916. The van der Waals surface area contributed by atoms with Gasteiger partial charge in [0.1, 0.15) is 5.82 Å². The SMILES string of the molecule is O=C(NCC(O)Cc1ccccc1)c1ccc(F)cc1Cl. The predicted octanol–water partition coefficient (Wildman–Crippen LogP) is 2.81. The fourth-order valence-corrected chi connectivity index (χ4v) is 2.19. The first-order valence-electron chi connectivity index (χ1n) is 6.51. The number of hydrogen-bond donors (Lipinski definition) is 2. The van der Waals surface area contributed by atoms with Gasteiger partial charge in [0.05, 0.1) is 16.7 Å². The predicted molar refractivity (Wildman–Crippen MR) is 79.9 cm³/mol. The largest absolute Gasteiger partial charge is 0.391 e. The Balaban J connectivity index is 1.89. The molecule has 1 amide bonds. The molecule has 1 atom stereocenters. The lowest BCUT2D eigenvalue weighted by Gasteiger charge is -2.12. The normalized spacial score (nSPS) is 12.0. The van der Waals surface area contributed by atoms with Crippen LogP contribution in [-0.2, 0) is 6.42 Å². The van der Waals surface area contributed by atoms with Crippen molar-refractivity contribution in [2.24, 2.45) is 0 Å². The van der Waals surface area contributed by atoms with Gasteiger partial charge in [-0.25, -0.2) is 4.39 Å². The maximum Gasteiger partial charge on any atom is 0.252 e. The van der Waals surface area contributed by atoms with Crippen LogP contribution in [0.5, 0.6) is 0 Å². The number of halogens is 2. The van der Waals surface area contributed by atoms with Crippen LogP contribution in [0.2, 0.25) is 5.02 Å². The molecule has 2 rings (SSSR count). The molecular weight excluding hydrogens is 293 g/mol. The summed E-state index contributed by atoms with van der Waals surface area (Å²) in [5.74, 6) is -0.937. The van der Waals surface area contributed by atoms with Crippen LogP contribution < -0.4 is 5.32 Å². The molecule has 0 spiro atoms. The topological polar surface area (TPSA) is 49.3 Å². The van der Waals surface area contributed by atoms with Crippen molar-refractivity contribution < 1.29 is 14.3 Å². The number of aliphatic hydroxyl groups excluding tert-OH is 1. The summed E-state index contributed by atoms with van der Waals surface area (Å²) >= 11 is 5.81. The highest BCUT2D eigenvalue weighted by Crippen LogP contribution is 2.17. The summed E-state index contributed by atoms with van der Waals surface area (Å²) in [7, 11) is 0. The van der Waals surface area contributed by atoms with Crippen molar-refractivity contribution in [2.45, 2.75) is 12.5 Å². The smallest absolute Gasteiger partial charge is 0.252 e. The van der Waals surface area contributed by atoms with E-state index in [1.54, 1.807) is 0 Å². The minimum absolute atomic E-state index is 0.0463. The third-order valence-electron chi connectivity index (χ3n) is 2.99. The molecule has 3 nitrogen and oxygen atoms in total. The fraction of sp³-hybridized carbons (Fsp3) is 0.188. The molecule has 0 aliphatic carbocycles. The summed E-state index contributed by atoms with van der Waals surface area (Å²) in [6.07, 6.45) is -0.256. The van der Waals surface area contributed by atoms with Gasteiger partial charge >= 0.3 is 0 Å². The van der Waals surface area contributed by atoms with Crippen LogP contribution in [0.4, 0.5) is 4.39 Å². The van der Waals surface area contributed by atoms with Gasteiger partial charge in [0.2, 0.25) is 0 Å². The zero-order valence-electron chi connectivity index (χ0n) is 11.2. The van der Waals surface area contributed by atoms with E-state index in [4.69, 9.17) is 11.6 Å². The molecule has 110 valence electrons. The van der Waals surface area contributed by atoms with Gasteiger partial charge in [0.15, 0.2) is 0 Å². The van der Waals surface area contributed by atoms with Crippen LogP contribution in [0.3, 0.4) is 0 Å². The van der Waals surface area contributed by atoms with Crippen LogP contribution >= 0.6 is 11.6 Å². The molecule has 2 aromatic carbocycles. The maximum atomic E-state index is 12.9. The maximum absolute atomic E-state index is 12.9. The molecule has 0 fully saturated rings. The minimum Gasteiger partial charge on any atom is -0.391 e. The highest BCUT2D eigenvalue weighted by Gasteiger charge is 2.13. The Morgan fingerprint density at radius 3 is 2.62 bits per heavy atom. The molecule has 0 aliphatic heterocycles. The van der Waals surface area contributed by atoms with Crippen LogP contribution in [0.15, 0.2) is 48.5 Å². The highest BCUT2D eigenvalue weighted by molar-refractivity contribution is 6.33. The first kappa shape index (κ1) is 15.5. The molecule has 0 aromatic heterocycles. The Kier molecular flexibility index (Phi) is 5.31. The van der Waals surface area contributed by atoms with E-state index < -0.39 is 17.8 Å². The zero-order chi connectivity index (χ0) is 15.2. The number of carbonyl (C=O) groups is 1. The van der Waals surface area contributed by atoms with Gasteiger partial charge < -0.3 is 10.4 Å². The molecule has 1 unspecified atom stereocenters. The molecule has 0 bridgehead atoms. The quantitative estimate of drug-likeness (QED) is 0.892. The van der Waals surface area contributed by atoms with E-state index in [0.29, 0.717) is 6.42 Å². The van der Waals surface area contributed by atoms with Crippen LogP contribution in [-0.4, -0.2) is 23.7 Å². The molecule has 2 aromatic rings. The molecule has 0 aliphatic rings. The first-order valence-corrected chi connectivity index (χ1v) is 6.89. The lowest BCUT2D eigenvalue weighted by atomic mass is 10.1. The van der Waals surface area contributed by atoms with Crippen LogP contribution in [0.1, 0.15) is 15.9 Å². The molecular formula is C16H15ClFNO2. The summed E-state index contributed by atoms with van der Waals surface area (Å²) in [6, 6.07) is 13.0. The average molecular weight is 308 g/mol. The standard InChI is InChI=1S/C16H15ClFNO2/c17-15-9-12(18)6-7-14(15)16(21)19-10-13(20)8-11-4-2-1-3-5-11/h1-7,9,13,20H,8,10H2,(H,19,21). The van der Waals surface area contributed by atoms with E-state index in [9.17, 15) is 14.3 Å². The van der Waals surface area contributed by atoms with Crippen molar-refractivity contribution >= 4 is 17.5 Å². The first-order chi connectivity index (χ1) is 10.1. The highest BCUT2D eigenvalue weighted by atomic mass is 35.5. The van der Waals surface area contributed by atoms with Crippen molar-refractivity contribution in [3.8, 4) is 0 Å². The van der Waals surface area contributed by atoms with E-state index in [0.717, 1.165) is 11.6 Å². The molecule has 0 saturated carbocycles. The number of amides is 1. The number of nitrogens with one attached hydrogen (secondary N) is 1. The molecule has 5 heteroatoms. The summed E-state index contributed by atoms with van der Waals surface area (Å²) in [4.78, 5) is 11.9. The van der Waals surface area contributed by atoms with Crippen LogP contribution in [0, 0.1) is 5.82 Å². The molecule has 2 N–H and O–H groups in total. The lowest BCUT2D eigenvalue weighted by Crippen LogP contribution is -2.33. The molecule has 0 saturated heterocycles. The molecule has 0 radical (unpaired) electrons. The van der Waals surface area contributed by atoms with Gasteiger partial charge in [-0.3, -0.25) is 4.79 Å². The summed E-state index contributed by atoms with van der Waals surface area (Å²) < 4.78 is 12.9. The van der Waals surface area contributed by atoms with Gasteiger partial charge in [-0.05, 0) is 23.8 Å². The molecule has 0 heterocycles. The van der Waals surface area contributed by atoms with Crippen molar-refractivity contribution in [1.82, 2.24) is 5.32 Å². The van der Waals surface area contributed by atoms with E-state index in [-0.39, 0.29) is 17.1 Å². The van der Waals surface area contributed by atoms with Gasteiger partial charge in [-0.2, -0.15) is 0 Å². The molecule has 21 heavy (non-hydrogen) atoms. The summed E-state index contributed by atoms with van der Waals surface area (Å²) in [5, 5.41) is 12.5. The van der Waals surface area contributed by atoms with E-state index >= 15 is 0 Å². The third-order valence-corrected chi connectivity index (χ3v) is 3.30. The van der Waals surface area contributed by atoms with Crippen molar-refractivity contribution in [1.29, 1.82) is 0 Å². The Morgan fingerprint density at radius 1 is 1.24 bits per heavy atom. The minimum atomic E-state index is -0.699. The Bertz CT molecular complexity index is 619. The average Bonchev–Trinajstić information content (AvgIpc) is 2.46. The second-order valence-corrected chi connectivity index (χ2v) is 5.08. The van der Waals surface area contributed by atoms with Crippen molar-refractivity contribution in [3.05, 3.63) is 70.5 Å².